The molecule has 1 heterocycles. The Morgan fingerprint density at radius 1 is 1.56 bits per heavy atom. The summed E-state index contributed by atoms with van der Waals surface area (Å²) in [5, 5.41) is 3.12. The molecular formula is C6H13FN2. The maximum atomic E-state index is 11.7. The van der Waals surface area contributed by atoms with Crippen LogP contribution in [0.1, 0.15) is 6.42 Å². The summed E-state index contributed by atoms with van der Waals surface area (Å²) >= 11 is 0. The van der Waals surface area contributed by atoms with Crippen molar-refractivity contribution in [1.29, 1.82) is 0 Å². The van der Waals surface area contributed by atoms with Crippen molar-refractivity contribution in [3.05, 3.63) is 0 Å². The molecule has 1 saturated heterocycles. The van der Waals surface area contributed by atoms with Crippen molar-refractivity contribution in [3.63, 3.8) is 0 Å². The van der Waals surface area contributed by atoms with Gasteiger partial charge in [-0.1, -0.05) is 0 Å². The van der Waals surface area contributed by atoms with Gasteiger partial charge < -0.3 is 11.1 Å². The lowest BCUT2D eigenvalue weighted by molar-refractivity contribution is 0.382. The van der Waals surface area contributed by atoms with Crippen molar-refractivity contribution >= 4 is 0 Å². The minimum atomic E-state index is -0.236. The van der Waals surface area contributed by atoms with E-state index in [1.165, 1.54) is 0 Å². The monoisotopic (exact) mass is 132 g/mol. The molecule has 54 valence electrons. The van der Waals surface area contributed by atoms with Crippen LogP contribution in [0, 0.1) is 5.92 Å². The molecule has 0 unspecified atom stereocenters. The highest BCUT2D eigenvalue weighted by atomic mass is 19.1. The van der Waals surface area contributed by atoms with Gasteiger partial charge in [-0.25, -0.2) is 0 Å². The Morgan fingerprint density at radius 3 is 2.78 bits per heavy atom. The predicted octanol–water partition coefficient (Wildman–Crippen LogP) is -0.107. The number of hydrogen-bond donors (Lipinski definition) is 2. The molecule has 0 aromatic carbocycles. The second kappa shape index (κ2) is 3.13. The van der Waals surface area contributed by atoms with Gasteiger partial charge in [0.1, 0.15) is 0 Å². The Labute approximate surface area is 54.6 Å². The number of halogens is 1. The summed E-state index contributed by atoms with van der Waals surface area (Å²) in [5.74, 6) is 0.370. The van der Waals surface area contributed by atoms with E-state index < -0.39 is 0 Å². The van der Waals surface area contributed by atoms with Crippen molar-refractivity contribution in [2.75, 3.05) is 19.8 Å². The van der Waals surface area contributed by atoms with Crippen LogP contribution < -0.4 is 11.1 Å². The Kier molecular flexibility index (Phi) is 2.42. The summed E-state index contributed by atoms with van der Waals surface area (Å²) in [6, 6.07) is 0.181. The molecule has 9 heavy (non-hydrogen) atoms. The van der Waals surface area contributed by atoms with Gasteiger partial charge in [0, 0.05) is 12.6 Å². The zero-order valence-electron chi connectivity index (χ0n) is 5.44. The van der Waals surface area contributed by atoms with Crippen LogP contribution in [0.3, 0.4) is 0 Å². The van der Waals surface area contributed by atoms with E-state index in [-0.39, 0.29) is 12.7 Å². The molecule has 0 bridgehead atoms. The Bertz CT molecular complexity index is 87.1. The first-order valence-electron chi connectivity index (χ1n) is 3.37. The average molecular weight is 132 g/mol. The fraction of sp³-hybridized carbons (Fsp3) is 1.00. The number of rotatable bonds is 2. The molecule has 2 nitrogen and oxygen atoms in total. The van der Waals surface area contributed by atoms with E-state index in [2.05, 4.69) is 5.32 Å². The van der Waals surface area contributed by atoms with Crippen LogP contribution in [-0.2, 0) is 0 Å². The third-order valence-electron chi connectivity index (χ3n) is 1.87. The molecule has 3 N–H and O–H groups in total. The highest BCUT2D eigenvalue weighted by molar-refractivity contribution is 4.83. The first-order chi connectivity index (χ1) is 4.34. The van der Waals surface area contributed by atoms with Gasteiger partial charge in [0.25, 0.3) is 0 Å². The van der Waals surface area contributed by atoms with Crippen LogP contribution >= 0.6 is 0 Å². The summed E-state index contributed by atoms with van der Waals surface area (Å²) in [7, 11) is 0. The molecule has 1 fully saturated rings. The van der Waals surface area contributed by atoms with Gasteiger partial charge in [-0.15, -0.1) is 0 Å². The van der Waals surface area contributed by atoms with Gasteiger partial charge in [0.15, 0.2) is 0 Å². The topological polar surface area (TPSA) is 38.0 Å². The molecule has 0 spiro atoms. The maximum Gasteiger partial charge on any atom is 0.0898 e. The van der Waals surface area contributed by atoms with Gasteiger partial charge in [-0.2, -0.15) is 0 Å². The third-order valence-corrected chi connectivity index (χ3v) is 1.87. The Hall–Kier alpha value is -0.150. The molecule has 0 aliphatic carbocycles. The van der Waals surface area contributed by atoms with E-state index in [0.29, 0.717) is 12.3 Å². The summed E-state index contributed by atoms with van der Waals surface area (Å²) < 4.78 is 11.7. The summed E-state index contributed by atoms with van der Waals surface area (Å²) in [4.78, 5) is 0. The molecule has 3 heteroatoms. The van der Waals surface area contributed by atoms with E-state index in [1.807, 2.05) is 0 Å². The van der Waals surface area contributed by atoms with Crippen molar-refractivity contribution < 1.29 is 4.39 Å². The fourth-order valence-electron chi connectivity index (χ4n) is 1.21. The second-order valence-electron chi connectivity index (χ2n) is 2.56. The molecule has 0 aromatic heterocycles. The molecule has 1 aliphatic heterocycles. The zero-order valence-corrected chi connectivity index (χ0v) is 5.44. The number of alkyl halides is 1. The fourth-order valence-corrected chi connectivity index (χ4v) is 1.21. The molecular weight excluding hydrogens is 119 g/mol. The van der Waals surface area contributed by atoms with Crippen LogP contribution in [0.2, 0.25) is 0 Å². The minimum absolute atomic E-state index is 0.181. The first kappa shape index (κ1) is 6.96. The highest BCUT2D eigenvalue weighted by Gasteiger charge is 2.22. The van der Waals surface area contributed by atoms with Gasteiger partial charge in [0.2, 0.25) is 0 Å². The largest absolute Gasteiger partial charge is 0.326 e. The number of hydrogen-bond acceptors (Lipinski definition) is 2. The molecule has 0 radical (unpaired) electrons. The molecule has 2 atom stereocenters. The van der Waals surface area contributed by atoms with Crippen molar-refractivity contribution in [1.82, 2.24) is 5.32 Å². The lowest BCUT2D eigenvalue weighted by Crippen LogP contribution is -2.29. The lowest BCUT2D eigenvalue weighted by atomic mass is 10.0. The van der Waals surface area contributed by atoms with Gasteiger partial charge >= 0.3 is 0 Å². The first-order valence-corrected chi connectivity index (χ1v) is 3.37. The van der Waals surface area contributed by atoms with Crippen LogP contribution in [0.25, 0.3) is 0 Å². The zero-order chi connectivity index (χ0) is 6.69. The Morgan fingerprint density at radius 2 is 2.33 bits per heavy atom. The molecule has 0 saturated carbocycles. The third kappa shape index (κ3) is 1.63. The van der Waals surface area contributed by atoms with Gasteiger partial charge in [0.05, 0.1) is 6.67 Å². The van der Waals surface area contributed by atoms with Crippen LogP contribution in [-0.4, -0.2) is 25.8 Å². The standard InChI is InChI=1S/C6H13FN2/c7-2-1-5-3-9-4-6(5)8/h5-6,9H,1-4,8H2/t5-,6+/m0/s1. The number of nitrogens with one attached hydrogen (secondary N) is 1. The lowest BCUT2D eigenvalue weighted by Gasteiger charge is -2.10. The second-order valence-corrected chi connectivity index (χ2v) is 2.56. The number of nitrogens with two attached hydrogens (primary N) is 1. The minimum Gasteiger partial charge on any atom is -0.326 e. The average Bonchev–Trinajstić information content (AvgIpc) is 2.18. The van der Waals surface area contributed by atoms with E-state index in [9.17, 15) is 4.39 Å². The van der Waals surface area contributed by atoms with E-state index in [1.54, 1.807) is 0 Å². The van der Waals surface area contributed by atoms with E-state index in [0.717, 1.165) is 13.1 Å². The summed E-state index contributed by atoms with van der Waals surface area (Å²) in [5.41, 5.74) is 5.64. The molecule has 1 rings (SSSR count). The molecule has 0 aromatic rings. The SMILES string of the molecule is N[C@@H]1CNC[C@@H]1CCF. The predicted molar refractivity (Wildman–Crippen MR) is 34.9 cm³/mol. The van der Waals surface area contributed by atoms with Crippen LogP contribution in [0.4, 0.5) is 4.39 Å². The van der Waals surface area contributed by atoms with Crippen LogP contribution in [0.15, 0.2) is 0 Å². The quantitative estimate of drug-likeness (QED) is 0.550. The smallest absolute Gasteiger partial charge is 0.0898 e. The molecule has 1 aliphatic rings. The van der Waals surface area contributed by atoms with E-state index >= 15 is 0 Å². The van der Waals surface area contributed by atoms with Gasteiger partial charge in [-0.05, 0) is 18.9 Å². The highest BCUT2D eigenvalue weighted by Crippen LogP contribution is 2.10. The van der Waals surface area contributed by atoms with Gasteiger partial charge in [-0.3, -0.25) is 4.39 Å². The normalized spacial score (nSPS) is 35.3. The van der Waals surface area contributed by atoms with Crippen molar-refractivity contribution in [2.45, 2.75) is 12.5 Å². The Balaban J connectivity index is 2.22. The van der Waals surface area contributed by atoms with E-state index in [4.69, 9.17) is 5.73 Å². The molecule has 0 amide bonds. The van der Waals surface area contributed by atoms with Crippen LogP contribution in [0.5, 0.6) is 0 Å². The maximum absolute atomic E-state index is 11.7. The summed E-state index contributed by atoms with van der Waals surface area (Å²) in [6.45, 7) is 1.51. The van der Waals surface area contributed by atoms with Crippen molar-refractivity contribution in [3.8, 4) is 0 Å². The van der Waals surface area contributed by atoms with Crippen molar-refractivity contribution in [2.24, 2.45) is 11.7 Å². The summed E-state index contributed by atoms with van der Waals surface area (Å²) in [6.07, 6.45) is 0.619.